The summed E-state index contributed by atoms with van der Waals surface area (Å²) in [4.78, 5) is 11.7. The van der Waals surface area contributed by atoms with Gasteiger partial charge in [0.25, 0.3) is 0 Å². The van der Waals surface area contributed by atoms with Gasteiger partial charge < -0.3 is 5.32 Å². The highest BCUT2D eigenvalue weighted by Crippen LogP contribution is 2.10. The first-order chi connectivity index (χ1) is 10.2. The number of nitrogens with one attached hydrogen (secondary N) is 1. The van der Waals surface area contributed by atoms with E-state index in [1.54, 1.807) is 12.1 Å². The Hall–Kier alpha value is -2.07. The number of anilines is 1. The first kappa shape index (κ1) is 15.3. The second-order valence-corrected chi connectivity index (χ2v) is 5.41. The number of halogens is 1. The van der Waals surface area contributed by atoms with Gasteiger partial charge in [-0.05, 0) is 29.8 Å². The van der Waals surface area contributed by atoms with Crippen molar-refractivity contribution in [2.45, 2.75) is 0 Å². The lowest BCUT2D eigenvalue weighted by Crippen LogP contribution is -2.14. The van der Waals surface area contributed by atoms with Crippen LogP contribution in [0.2, 0.25) is 0 Å². The number of carbonyl (C=O) groups excluding carboxylic acids is 1. The Morgan fingerprint density at radius 3 is 2.52 bits per heavy atom. The van der Waals surface area contributed by atoms with Gasteiger partial charge in [0.1, 0.15) is 5.82 Å². The lowest BCUT2D eigenvalue weighted by molar-refractivity contribution is -0.113. The highest BCUT2D eigenvalue weighted by molar-refractivity contribution is 8.00. The second kappa shape index (κ2) is 8.27. The largest absolute Gasteiger partial charge is 0.325 e. The molecule has 1 N–H and O–H groups in total. The fourth-order valence-electron chi connectivity index (χ4n) is 1.70. The SMILES string of the molecule is O=C(CSC/C=C/c1ccccc1)Nc1ccc(F)cc1. The predicted molar refractivity (Wildman–Crippen MR) is 87.8 cm³/mol. The summed E-state index contributed by atoms with van der Waals surface area (Å²) in [6.45, 7) is 0. The van der Waals surface area contributed by atoms with Crippen LogP contribution in [0, 0.1) is 5.82 Å². The Morgan fingerprint density at radius 2 is 1.81 bits per heavy atom. The number of thioether (sulfide) groups is 1. The lowest BCUT2D eigenvalue weighted by Gasteiger charge is -2.04. The number of carbonyl (C=O) groups is 1. The van der Waals surface area contributed by atoms with Gasteiger partial charge in [0.15, 0.2) is 0 Å². The summed E-state index contributed by atoms with van der Waals surface area (Å²) in [7, 11) is 0. The number of amides is 1. The molecule has 0 atom stereocenters. The number of benzene rings is 2. The molecule has 108 valence electrons. The quantitative estimate of drug-likeness (QED) is 0.810. The number of hydrogen-bond donors (Lipinski definition) is 1. The average molecular weight is 301 g/mol. The molecule has 0 fully saturated rings. The Kier molecular flexibility index (Phi) is 6.03. The van der Waals surface area contributed by atoms with Crippen molar-refractivity contribution in [3.8, 4) is 0 Å². The molecule has 0 heterocycles. The van der Waals surface area contributed by atoms with Gasteiger partial charge in [0.05, 0.1) is 5.75 Å². The minimum Gasteiger partial charge on any atom is -0.325 e. The van der Waals surface area contributed by atoms with Gasteiger partial charge in [0, 0.05) is 11.4 Å². The Balaban J connectivity index is 1.67. The third-order valence-corrected chi connectivity index (χ3v) is 3.58. The van der Waals surface area contributed by atoms with Crippen molar-refractivity contribution in [3.63, 3.8) is 0 Å². The third kappa shape index (κ3) is 5.83. The minimum absolute atomic E-state index is 0.0836. The van der Waals surface area contributed by atoms with Crippen molar-refractivity contribution in [2.75, 3.05) is 16.8 Å². The van der Waals surface area contributed by atoms with E-state index in [9.17, 15) is 9.18 Å². The van der Waals surface area contributed by atoms with Crippen molar-refractivity contribution in [1.82, 2.24) is 0 Å². The van der Waals surface area contributed by atoms with Gasteiger partial charge in [-0.25, -0.2) is 4.39 Å². The molecule has 21 heavy (non-hydrogen) atoms. The summed E-state index contributed by atoms with van der Waals surface area (Å²) in [5.74, 6) is 0.746. The molecular formula is C17H16FNOS. The summed E-state index contributed by atoms with van der Waals surface area (Å²) < 4.78 is 12.7. The molecule has 2 aromatic rings. The van der Waals surface area contributed by atoms with E-state index in [2.05, 4.69) is 5.32 Å². The first-order valence-electron chi connectivity index (χ1n) is 6.59. The molecular weight excluding hydrogens is 285 g/mol. The minimum atomic E-state index is -0.312. The third-order valence-electron chi connectivity index (χ3n) is 2.69. The van der Waals surface area contributed by atoms with E-state index in [1.807, 2.05) is 42.5 Å². The molecule has 0 aliphatic carbocycles. The van der Waals surface area contributed by atoms with Crippen LogP contribution < -0.4 is 5.32 Å². The molecule has 2 rings (SSSR count). The smallest absolute Gasteiger partial charge is 0.234 e. The van der Waals surface area contributed by atoms with Crippen molar-refractivity contribution < 1.29 is 9.18 Å². The van der Waals surface area contributed by atoms with E-state index in [4.69, 9.17) is 0 Å². The van der Waals surface area contributed by atoms with E-state index in [1.165, 1.54) is 23.9 Å². The van der Waals surface area contributed by atoms with Crippen LogP contribution in [0.4, 0.5) is 10.1 Å². The molecule has 4 heteroatoms. The topological polar surface area (TPSA) is 29.1 Å². The highest BCUT2D eigenvalue weighted by Gasteiger charge is 2.01. The maximum atomic E-state index is 12.7. The average Bonchev–Trinajstić information content (AvgIpc) is 2.50. The van der Waals surface area contributed by atoms with E-state index in [-0.39, 0.29) is 11.7 Å². The molecule has 1 amide bonds. The fourth-order valence-corrected chi connectivity index (χ4v) is 2.31. The number of rotatable bonds is 6. The van der Waals surface area contributed by atoms with Gasteiger partial charge in [-0.2, -0.15) is 0 Å². The zero-order valence-electron chi connectivity index (χ0n) is 11.5. The number of hydrogen-bond acceptors (Lipinski definition) is 2. The van der Waals surface area contributed by atoms with Gasteiger partial charge >= 0.3 is 0 Å². The molecule has 0 bridgehead atoms. The van der Waals surface area contributed by atoms with E-state index in [0.717, 1.165) is 11.3 Å². The van der Waals surface area contributed by atoms with Crippen LogP contribution in [0.25, 0.3) is 6.08 Å². The van der Waals surface area contributed by atoms with Crippen LogP contribution in [0.5, 0.6) is 0 Å². The molecule has 2 aromatic carbocycles. The van der Waals surface area contributed by atoms with Crippen LogP contribution in [0.15, 0.2) is 60.7 Å². The van der Waals surface area contributed by atoms with Crippen molar-refractivity contribution in [1.29, 1.82) is 0 Å². The van der Waals surface area contributed by atoms with E-state index in [0.29, 0.717) is 11.4 Å². The van der Waals surface area contributed by atoms with Crippen molar-refractivity contribution >= 4 is 29.4 Å². The standard InChI is InChI=1S/C17H16FNOS/c18-15-8-10-16(11-9-15)19-17(20)13-21-12-4-7-14-5-2-1-3-6-14/h1-11H,12-13H2,(H,19,20)/b7-4+. The molecule has 0 radical (unpaired) electrons. The predicted octanol–water partition coefficient (Wildman–Crippen LogP) is 4.21. The van der Waals surface area contributed by atoms with Gasteiger partial charge in [-0.15, -0.1) is 11.8 Å². The molecule has 0 aliphatic heterocycles. The van der Waals surface area contributed by atoms with E-state index >= 15 is 0 Å². The van der Waals surface area contributed by atoms with Crippen LogP contribution in [0.3, 0.4) is 0 Å². The summed E-state index contributed by atoms with van der Waals surface area (Å²) in [6, 6.07) is 15.8. The summed E-state index contributed by atoms with van der Waals surface area (Å²) >= 11 is 1.53. The van der Waals surface area contributed by atoms with Crippen molar-refractivity contribution in [2.24, 2.45) is 0 Å². The van der Waals surface area contributed by atoms with Gasteiger partial charge in [0.2, 0.25) is 5.91 Å². The van der Waals surface area contributed by atoms with Gasteiger partial charge in [-0.1, -0.05) is 42.5 Å². The first-order valence-corrected chi connectivity index (χ1v) is 7.74. The molecule has 0 saturated heterocycles. The lowest BCUT2D eigenvalue weighted by atomic mass is 10.2. The van der Waals surface area contributed by atoms with E-state index < -0.39 is 0 Å². The zero-order valence-corrected chi connectivity index (χ0v) is 12.3. The van der Waals surface area contributed by atoms with Crippen LogP contribution in [-0.4, -0.2) is 17.4 Å². The Bertz CT molecular complexity index is 596. The molecule has 0 aliphatic rings. The summed E-state index contributed by atoms with van der Waals surface area (Å²) in [6.07, 6.45) is 4.07. The summed E-state index contributed by atoms with van der Waals surface area (Å²) in [5, 5.41) is 2.73. The normalized spacial score (nSPS) is 10.7. The zero-order chi connectivity index (χ0) is 14.9. The Morgan fingerprint density at radius 1 is 1.10 bits per heavy atom. The maximum Gasteiger partial charge on any atom is 0.234 e. The summed E-state index contributed by atoms with van der Waals surface area (Å²) in [5.41, 5.74) is 1.76. The van der Waals surface area contributed by atoms with Crippen LogP contribution in [0.1, 0.15) is 5.56 Å². The molecule has 0 saturated carbocycles. The molecule has 0 unspecified atom stereocenters. The molecule has 0 spiro atoms. The molecule has 2 nitrogen and oxygen atoms in total. The molecule has 0 aromatic heterocycles. The second-order valence-electron chi connectivity index (χ2n) is 4.38. The maximum absolute atomic E-state index is 12.7. The van der Waals surface area contributed by atoms with Crippen LogP contribution in [-0.2, 0) is 4.79 Å². The monoisotopic (exact) mass is 301 g/mol. The highest BCUT2D eigenvalue weighted by atomic mass is 32.2. The van der Waals surface area contributed by atoms with Crippen molar-refractivity contribution in [3.05, 3.63) is 72.1 Å². The van der Waals surface area contributed by atoms with Gasteiger partial charge in [-0.3, -0.25) is 4.79 Å². The Labute approximate surface area is 128 Å². The fraction of sp³-hybridized carbons (Fsp3) is 0.118. The van der Waals surface area contributed by atoms with Crippen LogP contribution >= 0.6 is 11.8 Å².